The highest BCUT2D eigenvalue weighted by Crippen LogP contribution is 2.23. The summed E-state index contributed by atoms with van der Waals surface area (Å²) in [4.78, 5) is 28.5. The van der Waals surface area contributed by atoms with Gasteiger partial charge in [0.1, 0.15) is 18.1 Å². The second-order valence-corrected chi connectivity index (χ2v) is 6.24. The van der Waals surface area contributed by atoms with Crippen molar-refractivity contribution in [3.05, 3.63) is 47.5 Å². The average molecular weight is 338 g/mol. The summed E-state index contributed by atoms with van der Waals surface area (Å²) in [5.74, 6) is 1.02. The zero-order chi connectivity index (χ0) is 17.6. The fourth-order valence-electron chi connectivity index (χ4n) is 3.23. The summed E-state index contributed by atoms with van der Waals surface area (Å²) in [5.41, 5.74) is 2.22. The number of fused-ring (bicyclic) bond motifs is 1. The molecule has 1 saturated heterocycles. The van der Waals surface area contributed by atoms with Gasteiger partial charge in [0.2, 0.25) is 5.91 Å². The highest BCUT2D eigenvalue weighted by molar-refractivity contribution is 6.02. The highest BCUT2D eigenvalue weighted by Gasteiger charge is 2.30. The van der Waals surface area contributed by atoms with E-state index < -0.39 is 0 Å². The monoisotopic (exact) mass is 338 g/mol. The lowest BCUT2D eigenvalue weighted by molar-refractivity contribution is -0.120. The lowest BCUT2D eigenvalue weighted by Crippen LogP contribution is -2.52. The van der Waals surface area contributed by atoms with Crippen LogP contribution in [-0.2, 0) is 4.79 Å². The van der Waals surface area contributed by atoms with E-state index in [1.165, 1.54) is 0 Å². The third kappa shape index (κ3) is 2.67. The molecule has 1 aliphatic heterocycles. The molecule has 2 amide bonds. The maximum atomic E-state index is 12.6. The molecule has 2 aromatic heterocycles. The van der Waals surface area contributed by atoms with Crippen LogP contribution in [0.2, 0.25) is 0 Å². The number of hydrogen-bond donors (Lipinski definition) is 1. The summed E-state index contributed by atoms with van der Waals surface area (Å²) in [5, 5.41) is 7.90. The molecule has 7 nitrogen and oxygen atoms in total. The number of nitrogens with zero attached hydrogens (tertiary/aromatic N) is 3. The van der Waals surface area contributed by atoms with Gasteiger partial charge in [-0.25, -0.2) is 0 Å². The molecule has 4 rings (SSSR count). The molecule has 3 aromatic rings. The first-order chi connectivity index (χ1) is 12.0. The first-order valence-electron chi connectivity index (χ1n) is 8.13. The van der Waals surface area contributed by atoms with Gasteiger partial charge in [-0.3, -0.25) is 14.7 Å². The predicted molar refractivity (Wildman–Crippen MR) is 92.5 cm³/mol. The van der Waals surface area contributed by atoms with Crippen molar-refractivity contribution < 1.29 is 14.0 Å². The number of nitrogens with one attached hydrogen (secondary N) is 1. The number of H-pyrrole nitrogens is 1. The molecule has 0 saturated carbocycles. The average Bonchev–Trinajstić information content (AvgIpc) is 3.19. The number of hydrogen-bond acceptors (Lipinski definition) is 4. The van der Waals surface area contributed by atoms with E-state index in [-0.39, 0.29) is 18.4 Å². The predicted octanol–water partition coefficient (Wildman–Crippen LogP) is 2.26. The number of piperazine rings is 1. The van der Waals surface area contributed by atoms with Gasteiger partial charge in [0.15, 0.2) is 0 Å². The number of carbonyl (C=O) groups excluding carboxylic acids is 2. The van der Waals surface area contributed by atoms with Crippen molar-refractivity contribution in [2.75, 3.05) is 24.5 Å². The fourth-order valence-corrected chi connectivity index (χ4v) is 3.23. The Morgan fingerprint density at radius 3 is 2.80 bits per heavy atom. The Morgan fingerprint density at radius 2 is 2.08 bits per heavy atom. The largest absolute Gasteiger partial charge is 0.466 e. The number of aromatic amines is 1. The van der Waals surface area contributed by atoms with E-state index in [2.05, 4.69) is 10.2 Å². The lowest BCUT2D eigenvalue weighted by Gasteiger charge is -2.34. The van der Waals surface area contributed by atoms with Gasteiger partial charge in [-0.2, -0.15) is 5.10 Å². The molecule has 0 unspecified atom stereocenters. The third-order valence-electron chi connectivity index (χ3n) is 4.52. The lowest BCUT2D eigenvalue weighted by atomic mass is 10.1. The van der Waals surface area contributed by atoms with Crippen LogP contribution in [0.3, 0.4) is 0 Å². The smallest absolute Gasteiger partial charge is 0.257 e. The van der Waals surface area contributed by atoms with Gasteiger partial charge in [0.05, 0.1) is 17.3 Å². The maximum absolute atomic E-state index is 12.6. The minimum Gasteiger partial charge on any atom is -0.466 e. The number of furan rings is 1. The molecule has 7 heteroatoms. The van der Waals surface area contributed by atoms with Crippen molar-refractivity contribution >= 4 is 28.4 Å². The molecular formula is C18H18N4O3. The Kier molecular flexibility index (Phi) is 3.56. The third-order valence-corrected chi connectivity index (χ3v) is 4.52. The normalized spacial score (nSPS) is 15.2. The van der Waals surface area contributed by atoms with Crippen molar-refractivity contribution in [1.82, 2.24) is 15.1 Å². The Morgan fingerprint density at radius 1 is 1.24 bits per heavy atom. The zero-order valence-corrected chi connectivity index (χ0v) is 14.1. The highest BCUT2D eigenvalue weighted by atomic mass is 16.3. The molecule has 1 N–H and O–H groups in total. The fraction of sp³-hybridized carbons (Fsp3) is 0.278. The van der Waals surface area contributed by atoms with Crippen molar-refractivity contribution in [2.24, 2.45) is 0 Å². The standard InChI is InChI=1S/C18H18N4O3/c1-11-7-15(12(2)25-11)18(24)21-5-6-22(17(23)10-21)14-4-3-13-9-19-20-16(13)8-14/h3-4,7-9H,5-6,10H2,1-2H3,(H,19,20). The van der Waals surface area contributed by atoms with E-state index in [4.69, 9.17) is 4.42 Å². The molecule has 0 spiro atoms. The molecule has 3 heterocycles. The number of aromatic nitrogens is 2. The molecule has 0 aliphatic carbocycles. The van der Waals surface area contributed by atoms with Crippen LogP contribution in [0.25, 0.3) is 10.9 Å². The van der Waals surface area contributed by atoms with Gasteiger partial charge in [-0.1, -0.05) is 0 Å². The van der Waals surface area contributed by atoms with Crippen LogP contribution in [0.4, 0.5) is 5.69 Å². The summed E-state index contributed by atoms with van der Waals surface area (Å²) >= 11 is 0. The van der Waals surface area contributed by atoms with Crippen LogP contribution in [0.15, 0.2) is 34.9 Å². The Hall–Kier alpha value is -3.09. The molecular weight excluding hydrogens is 320 g/mol. The van der Waals surface area contributed by atoms with E-state index >= 15 is 0 Å². The van der Waals surface area contributed by atoms with Crippen LogP contribution in [0.5, 0.6) is 0 Å². The molecule has 0 atom stereocenters. The van der Waals surface area contributed by atoms with Crippen LogP contribution in [0.1, 0.15) is 21.9 Å². The molecule has 1 aliphatic rings. The number of benzene rings is 1. The Labute approximate surface area is 144 Å². The maximum Gasteiger partial charge on any atom is 0.257 e. The van der Waals surface area contributed by atoms with Crippen molar-refractivity contribution in [2.45, 2.75) is 13.8 Å². The summed E-state index contributed by atoms with van der Waals surface area (Å²) in [6.07, 6.45) is 1.74. The first kappa shape index (κ1) is 15.4. The van der Waals surface area contributed by atoms with E-state index in [0.29, 0.717) is 30.2 Å². The van der Waals surface area contributed by atoms with Crippen LogP contribution < -0.4 is 4.90 Å². The quantitative estimate of drug-likeness (QED) is 0.777. The van der Waals surface area contributed by atoms with Crippen LogP contribution >= 0.6 is 0 Å². The minimum absolute atomic E-state index is 0.0590. The van der Waals surface area contributed by atoms with Crippen molar-refractivity contribution in [3.63, 3.8) is 0 Å². The number of carbonyl (C=O) groups is 2. The van der Waals surface area contributed by atoms with Gasteiger partial charge in [0, 0.05) is 24.2 Å². The van der Waals surface area contributed by atoms with Crippen LogP contribution in [0, 0.1) is 13.8 Å². The van der Waals surface area contributed by atoms with Gasteiger partial charge in [-0.05, 0) is 38.1 Å². The molecule has 1 fully saturated rings. The minimum atomic E-state index is -0.161. The Balaban J connectivity index is 1.53. The topological polar surface area (TPSA) is 82.4 Å². The number of amides is 2. The van der Waals surface area contributed by atoms with Gasteiger partial charge < -0.3 is 14.2 Å². The molecule has 128 valence electrons. The summed E-state index contributed by atoms with van der Waals surface area (Å²) < 4.78 is 5.42. The number of rotatable bonds is 2. The summed E-state index contributed by atoms with van der Waals surface area (Å²) in [7, 11) is 0. The van der Waals surface area contributed by atoms with Crippen molar-refractivity contribution in [3.8, 4) is 0 Å². The molecule has 0 radical (unpaired) electrons. The van der Waals surface area contributed by atoms with E-state index in [1.54, 1.807) is 35.9 Å². The Bertz CT molecular complexity index is 972. The van der Waals surface area contributed by atoms with Gasteiger partial charge in [-0.15, -0.1) is 0 Å². The molecule has 25 heavy (non-hydrogen) atoms. The number of aryl methyl sites for hydroxylation is 2. The van der Waals surface area contributed by atoms with E-state index in [9.17, 15) is 9.59 Å². The summed E-state index contributed by atoms with van der Waals surface area (Å²) in [6, 6.07) is 7.45. The van der Waals surface area contributed by atoms with Crippen molar-refractivity contribution in [1.29, 1.82) is 0 Å². The first-order valence-corrected chi connectivity index (χ1v) is 8.13. The molecule has 0 bridgehead atoms. The summed E-state index contributed by atoms with van der Waals surface area (Å²) in [6.45, 7) is 4.56. The van der Waals surface area contributed by atoms with E-state index in [1.807, 2.05) is 18.2 Å². The zero-order valence-electron chi connectivity index (χ0n) is 14.1. The molecule has 1 aromatic carbocycles. The van der Waals surface area contributed by atoms with Crippen LogP contribution in [-0.4, -0.2) is 46.5 Å². The van der Waals surface area contributed by atoms with Gasteiger partial charge in [0.25, 0.3) is 5.91 Å². The second kappa shape index (κ2) is 5.77. The SMILES string of the molecule is Cc1cc(C(=O)N2CCN(c3ccc4cn[nH]c4c3)C(=O)C2)c(C)o1. The van der Waals surface area contributed by atoms with E-state index in [0.717, 1.165) is 16.6 Å². The number of anilines is 1. The van der Waals surface area contributed by atoms with Gasteiger partial charge >= 0.3 is 0 Å². The second-order valence-electron chi connectivity index (χ2n) is 6.24.